The number of phenolic OH excluding ortho intramolecular Hbond substituents is 1. The lowest BCUT2D eigenvalue weighted by Crippen LogP contribution is -2.51. The van der Waals surface area contributed by atoms with Crippen LogP contribution in [0.2, 0.25) is 0 Å². The molecule has 2 aliphatic heterocycles. The number of cyclic esters (lactones) is 1. The fourth-order valence-electron chi connectivity index (χ4n) is 3.87. The van der Waals surface area contributed by atoms with Gasteiger partial charge >= 0.3 is 5.97 Å². The van der Waals surface area contributed by atoms with E-state index in [1.165, 1.54) is 0 Å². The fourth-order valence-corrected chi connectivity index (χ4v) is 3.87. The number of aromatic hydroxyl groups is 1. The Morgan fingerprint density at radius 1 is 1.10 bits per heavy atom. The Morgan fingerprint density at radius 2 is 1.87 bits per heavy atom. The third-order valence-electron chi connectivity index (χ3n) is 5.41. The van der Waals surface area contributed by atoms with Crippen LogP contribution in [0, 0.1) is 0 Å². The van der Waals surface area contributed by atoms with Crippen molar-refractivity contribution in [3.63, 3.8) is 0 Å². The van der Waals surface area contributed by atoms with E-state index in [9.17, 15) is 25.2 Å². The number of aliphatic hydroxyl groups is 3. The first-order valence-electron chi connectivity index (χ1n) is 9.84. The van der Waals surface area contributed by atoms with Crippen molar-refractivity contribution in [1.82, 2.24) is 0 Å². The van der Waals surface area contributed by atoms with Crippen LogP contribution in [0.5, 0.6) is 11.5 Å². The van der Waals surface area contributed by atoms with Crippen molar-refractivity contribution < 1.29 is 39.4 Å². The highest BCUT2D eigenvalue weighted by Gasteiger charge is 2.38. The molecule has 8 nitrogen and oxygen atoms in total. The number of hydrogen-bond donors (Lipinski definition) is 4. The van der Waals surface area contributed by atoms with Crippen LogP contribution < -0.4 is 4.74 Å². The average Bonchev–Trinajstić information content (AvgIpc) is 2.72. The second-order valence-corrected chi connectivity index (χ2v) is 7.59. The number of fused-ring (bicyclic) bond motifs is 1. The molecule has 30 heavy (non-hydrogen) atoms. The van der Waals surface area contributed by atoms with Crippen molar-refractivity contribution in [2.75, 3.05) is 6.61 Å². The molecular weight excluding hydrogens is 392 g/mol. The second kappa shape index (κ2) is 8.61. The Hall–Kier alpha value is -2.65. The van der Waals surface area contributed by atoms with Gasteiger partial charge in [0.15, 0.2) is 0 Å². The summed E-state index contributed by atoms with van der Waals surface area (Å²) >= 11 is 0. The number of rotatable bonds is 5. The molecule has 1 fully saturated rings. The molecule has 0 bridgehead atoms. The van der Waals surface area contributed by atoms with Gasteiger partial charge in [0.05, 0.1) is 12.7 Å². The maximum atomic E-state index is 12.7. The lowest BCUT2D eigenvalue weighted by atomic mass is 9.94. The minimum Gasteiger partial charge on any atom is -0.508 e. The lowest BCUT2D eigenvalue weighted by molar-refractivity contribution is -0.230. The number of benzene rings is 2. The quantitative estimate of drug-likeness (QED) is 0.531. The van der Waals surface area contributed by atoms with Crippen LogP contribution in [0.4, 0.5) is 0 Å². The smallest absolute Gasteiger partial charge is 0.342 e. The summed E-state index contributed by atoms with van der Waals surface area (Å²) in [6.45, 7) is -0.466. The molecule has 2 aliphatic rings. The number of aliphatic hydroxyl groups excluding tert-OH is 3. The highest BCUT2D eigenvalue weighted by atomic mass is 16.7. The molecule has 0 saturated carbocycles. The first kappa shape index (κ1) is 20.6. The highest BCUT2D eigenvalue weighted by Crippen LogP contribution is 2.32. The van der Waals surface area contributed by atoms with Crippen molar-refractivity contribution in [1.29, 1.82) is 0 Å². The largest absolute Gasteiger partial charge is 0.508 e. The Kier molecular flexibility index (Phi) is 5.92. The predicted octanol–water partition coefficient (Wildman–Crippen LogP) is 0.924. The first-order valence-corrected chi connectivity index (χ1v) is 9.84. The van der Waals surface area contributed by atoms with Crippen LogP contribution in [-0.2, 0) is 22.3 Å². The van der Waals surface area contributed by atoms with Crippen molar-refractivity contribution >= 4 is 5.97 Å². The SMILES string of the molecule is O=C1OC(Cc2ccc(O)cc2)Cc2cccc(O[C@H]3C[C@@H](O)[C@H](O)[C@@H](CO)O3)c21. The lowest BCUT2D eigenvalue weighted by Gasteiger charge is -2.36. The molecule has 160 valence electrons. The average molecular weight is 416 g/mol. The summed E-state index contributed by atoms with van der Waals surface area (Å²) in [5.74, 6) is -0.0610. The molecule has 2 aromatic carbocycles. The van der Waals surface area contributed by atoms with Crippen molar-refractivity contribution in [2.24, 2.45) is 0 Å². The number of hydrogen-bond acceptors (Lipinski definition) is 8. The van der Waals surface area contributed by atoms with Gasteiger partial charge in [-0.05, 0) is 29.3 Å². The third kappa shape index (κ3) is 4.27. The maximum absolute atomic E-state index is 12.7. The van der Waals surface area contributed by atoms with Crippen LogP contribution >= 0.6 is 0 Å². The third-order valence-corrected chi connectivity index (χ3v) is 5.41. The van der Waals surface area contributed by atoms with Crippen LogP contribution in [0.3, 0.4) is 0 Å². The summed E-state index contributed by atoms with van der Waals surface area (Å²) in [4.78, 5) is 12.7. The molecule has 5 atom stereocenters. The zero-order valence-electron chi connectivity index (χ0n) is 16.2. The summed E-state index contributed by atoms with van der Waals surface area (Å²) in [6, 6.07) is 12.0. The molecule has 1 unspecified atom stereocenters. The minimum absolute atomic E-state index is 0.000139. The second-order valence-electron chi connectivity index (χ2n) is 7.59. The molecule has 2 aromatic rings. The number of phenols is 1. The van der Waals surface area contributed by atoms with Gasteiger partial charge in [-0.1, -0.05) is 24.3 Å². The summed E-state index contributed by atoms with van der Waals surface area (Å²) in [5.41, 5.74) is 2.03. The monoisotopic (exact) mass is 416 g/mol. The van der Waals surface area contributed by atoms with E-state index in [1.807, 2.05) is 6.07 Å². The van der Waals surface area contributed by atoms with Gasteiger partial charge in [0.1, 0.15) is 35.4 Å². The topological polar surface area (TPSA) is 126 Å². The molecule has 2 heterocycles. The Balaban J connectivity index is 1.49. The van der Waals surface area contributed by atoms with E-state index in [1.54, 1.807) is 36.4 Å². The normalized spacial score (nSPS) is 28.5. The molecule has 1 saturated heterocycles. The maximum Gasteiger partial charge on any atom is 0.342 e. The Bertz CT molecular complexity index is 897. The van der Waals surface area contributed by atoms with Crippen LogP contribution in [0.1, 0.15) is 27.9 Å². The van der Waals surface area contributed by atoms with Crippen molar-refractivity contribution in [3.05, 3.63) is 59.2 Å². The van der Waals surface area contributed by atoms with Crippen LogP contribution in [0.15, 0.2) is 42.5 Å². The molecular formula is C22H24O8. The molecule has 0 spiro atoms. The predicted molar refractivity (Wildman–Crippen MR) is 104 cm³/mol. The minimum atomic E-state index is -1.20. The van der Waals surface area contributed by atoms with Crippen LogP contribution in [-0.4, -0.2) is 63.7 Å². The molecule has 8 heteroatoms. The van der Waals surface area contributed by atoms with E-state index in [0.29, 0.717) is 18.4 Å². The first-order chi connectivity index (χ1) is 14.4. The molecule has 0 radical (unpaired) electrons. The number of ether oxygens (including phenoxy) is 3. The van der Waals surface area contributed by atoms with Crippen molar-refractivity contribution in [2.45, 2.75) is 50.0 Å². The van der Waals surface area contributed by atoms with Crippen LogP contribution in [0.25, 0.3) is 0 Å². The summed E-state index contributed by atoms with van der Waals surface area (Å²) < 4.78 is 16.9. The Labute approximate surface area is 173 Å². The van der Waals surface area contributed by atoms with Gasteiger partial charge in [-0.2, -0.15) is 0 Å². The zero-order chi connectivity index (χ0) is 21.3. The van der Waals surface area contributed by atoms with E-state index in [-0.39, 0.29) is 24.0 Å². The molecule has 0 aromatic heterocycles. The zero-order valence-corrected chi connectivity index (χ0v) is 16.2. The molecule has 4 N–H and O–H groups in total. The van der Waals surface area contributed by atoms with Gasteiger partial charge in [0, 0.05) is 19.3 Å². The Morgan fingerprint density at radius 3 is 2.60 bits per heavy atom. The van der Waals surface area contributed by atoms with Crippen molar-refractivity contribution in [3.8, 4) is 11.5 Å². The fraction of sp³-hybridized carbons (Fsp3) is 0.409. The molecule has 4 rings (SSSR count). The summed E-state index contributed by atoms with van der Waals surface area (Å²) in [5, 5.41) is 38.6. The van der Waals surface area contributed by atoms with Gasteiger partial charge in [0.2, 0.25) is 6.29 Å². The van der Waals surface area contributed by atoms with Gasteiger partial charge in [-0.25, -0.2) is 4.79 Å². The van der Waals surface area contributed by atoms with E-state index in [4.69, 9.17) is 14.2 Å². The number of esters is 1. The van der Waals surface area contributed by atoms with Gasteiger partial charge in [0.25, 0.3) is 0 Å². The van der Waals surface area contributed by atoms with Gasteiger partial charge < -0.3 is 34.6 Å². The van der Waals surface area contributed by atoms with E-state index in [2.05, 4.69) is 0 Å². The van der Waals surface area contributed by atoms with E-state index < -0.39 is 37.2 Å². The summed E-state index contributed by atoms with van der Waals surface area (Å²) in [7, 11) is 0. The van der Waals surface area contributed by atoms with Gasteiger partial charge in [-0.3, -0.25) is 0 Å². The summed E-state index contributed by atoms with van der Waals surface area (Å²) in [6.07, 6.45) is -3.52. The standard InChI is InChI=1S/C22H24O8/c23-11-18-21(26)16(25)10-19(30-18)29-17-3-1-2-13-9-15(28-22(27)20(13)17)8-12-4-6-14(24)7-5-12/h1-7,15-16,18-19,21,23-26H,8-11H2/t15?,16-,18-,19-,21+/m1/s1. The highest BCUT2D eigenvalue weighted by molar-refractivity contribution is 5.95. The molecule has 0 aliphatic carbocycles. The van der Waals surface area contributed by atoms with E-state index >= 15 is 0 Å². The van der Waals surface area contributed by atoms with Gasteiger partial charge in [-0.15, -0.1) is 0 Å². The van der Waals surface area contributed by atoms with E-state index in [0.717, 1.165) is 11.1 Å². The molecule has 0 amide bonds. The number of carbonyl (C=O) groups excluding carboxylic acids is 1. The number of carbonyl (C=O) groups is 1.